The third-order valence-electron chi connectivity index (χ3n) is 2.64. The van der Waals surface area contributed by atoms with Gasteiger partial charge >= 0.3 is 5.97 Å². The molecule has 0 spiro atoms. The number of carbonyl (C=O) groups excluding carboxylic acids is 2. The van der Waals surface area contributed by atoms with Crippen LogP contribution in [-0.2, 0) is 20.9 Å². The van der Waals surface area contributed by atoms with Crippen LogP contribution in [0.25, 0.3) is 0 Å². The van der Waals surface area contributed by atoms with Crippen LogP contribution in [0.15, 0.2) is 45.5 Å². The van der Waals surface area contributed by atoms with Gasteiger partial charge in [-0.25, -0.2) is 9.18 Å². The smallest absolute Gasteiger partial charge is 0.344 e. The Labute approximate surface area is 139 Å². The van der Waals surface area contributed by atoms with Gasteiger partial charge in [0.15, 0.2) is 13.2 Å². The van der Waals surface area contributed by atoms with E-state index < -0.39 is 30.9 Å². The van der Waals surface area contributed by atoms with E-state index >= 15 is 0 Å². The second kappa shape index (κ2) is 8.33. The van der Waals surface area contributed by atoms with Crippen molar-refractivity contribution in [2.45, 2.75) is 6.54 Å². The van der Waals surface area contributed by atoms with E-state index in [1.54, 1.807) is 12.1 Å². The lowest BCUT2D eigenvalue weighted by Crippen LogP contribution is -2.29. The van der Waals surface area contributed by atoms with E-state index in [0.29, 0.717) is 16.0 Å². The van der Waals surface area contributed by atoms with Gasteiger partial charge in [0.1, 0.15) is 17.3 Å². The summed E-state index contributed by atoms with van der Waals surface area (Å²) in [6, 6.07) is 7.20. The molecule has 1 aromatic carbocycles. The quantitative estimate of drug-likeness (QED) is 0.740. The van der Waals surface area contributed by atoms with Crippen LogP contribution < -0.4 is 10.1 Å². The maximum absolute atomic E-state index is 12.9. The monoisotopic (exact) mass is 385 g/mol. The molecule has 0 saturated carbocycles. The number of furan rings is 1. The second-order valence-corrected chi connectivity index (χ2v) is 5.23. The molecule has 0 aliphatic heterocycles. The maximum atomic E-state index is 12.9. The standard InChI is InChI=1S/C15H13BrFNO5/c16-12-6-10(17)3-4-13(12)22-9-15(20)23-8-14(19)18-7-11-2-1-5-21-11/h1-6H,7-9H2,(H,18,19). The van der Waals surface area contributed by atoms with Crippen LogP contribution >= 0.6 is 15.9 Å². The number of halogens is 2. The van der Waals surface area contributed by atoms with Gasteiger partial charge in [-0.15, -0.1) is 0 Å². The summed E-state index contributed by atoms with van der Waals surface area (Å²) in [5.74, 6) is -0.716. The molecule has 0 aliphatic carbocycles. The van der Waals surface area contributed by atoms with Crippen LogP contribution in [0.5, 0.6) is 5.75 Å². The molecule has 23 heavy (non-hydrogen) atoms. The molecular weight excluding hydrogens is 373 g/mol. The van der Waals surface area contributed by atoms with Crippen molar-refractivity contribution in [3.05, 3.63) is 52.6 Å². The highest BCUT2D eigenvalue weighted by molar-refractivity contribution is 9.10. The van der Waals surface area contributed by atoms with Gasteiger partial charge < -0.3 is 19.2 Å². The normalized spacial score (nSPS) is 10.2. The first-order valence-corrected chi connectivity index (χ1v) is 7.36. The Kier molecular flexibility index (Phi) is 6.16. The molecule has 1 amide bonds. The topological polar surface area (TPSA) is 77.8 Å². The van der Waals surface area contributed by atoms with Crippen LogP contribution in [0.1, 0.15) is 5.76 Å². The van der Waals surface area contributed by atoms with E-state index in [4.69, 9.17) is 13.9 Å². The highest BCUT2D eigenvalue weighted by Crippen LogP contribution is 2.25. The lowest BCUT2D eigenvalue weighted by Gasteiger charge is -2.08. The van der Waals surface area contributed by atoms with Crippen molar-refractivity contribution in [3.63, 3.8) is 0 Å². The molecule has 0 atom stereocenters. The van der Waals surface area contributed by atoms with Gasteiger partial charge in [-0.3, -0.25) is 4.79 Å². The van der Waals surface area contributed by atoms with Crippen LogP contribution in [0.3, 0.4) is 0 Å². The predicted octanol–water partition coefficient (Wildman–Crippen LogP) is 2.42. The van der Waals surface area contributed by atoms with Gasteiger partial charge in [0, 0.05) is 0 Å². The molecule has 122 valence electrons. The molecule has 0 aliphatic rings. The first kappa shape index (κ1) is 17.0. The third kappa shape index (κ3) is 5.74. The zero-order chi connectivity index (χ0) is 16.7. The number of rotatable bonds is 7. The first-order chi connectivity index (χ1) is 11.0. The average molecular weight is 386 g/mol. The third-order valence-corrected chi connectivity index (χ3v) is 3.26. The molecule has 0 radical (unpaired) electrons. The predicted molar refractivity (Wildman–Crippen MR) is 81.1 cm³/mol. The number of amides is 1. The van der Waals surface area contributed by atoms with Crippen molar-refractivity contribution in [1.82, 2.24) is 5.32 Å². The number of carbonyl (C=O) groups is 2. The summed E-state index contributed by atoms with van der Waals surface area (Å²) in [5, 5.41) is 2.53. The minimum Gasteiger partial charge on any atom is -0.481 e. The molecule has 1 heterocycles. The van der Waals surface area contributed by atoms with Crippen molar-refractivity contribution >= 4 is 27.8 Å². The van der Waals surface area contributed by atoms with Crippen molar-refractivity contribution < 1.29 is 27.9 Å². The van der Waals surface area contributed by atoms with Crippen molar-refractivity contribution in [3.8, 4) is 5.75 Å². The average Bonchev–Trinajstić information content (AvgIpc) is 3.03. The van der Waals surface area contributed by atoms with Gasteiger partial charge in [0.25, 0.3) is 5.91 Å². The number of hydrogen-bond acceptors (Lipinski definition) is 5. The molecule has 0 unspecified atom stereocenters. The summed E-state index contributed by atoms with van der Waals surface area (Å²) in [6.45, 7) is -0.606. The molecular formula is C15H13BrFNO5. The Balaban J connectivity index is 1.67. The van der Waals surface area contributed by atoms with E-state index in [2.05, 4.69) is 21.2 Å². The Morgan fingerprint density at radius 1 is 1.26 bits per heavy atom. The van der Waals surface area contributed by atoms with E-state index in [1.165, 1.54) is 24.5 Å². The minimum absolute atomic E-state index is 0.211. The zero-order valence-electron chi connectivity index (χ0n) is 11.9. The Morgan fingerprint density at radius 2 is 2.09 bits per heavy atom. The summed E-state index contributed by atoms with van der Waals surface area (Å²) in [7, 11) is 0. The van der Waals surface area contributed by atoms with E-state index in [-0.39, 0.29) is 6.54 Å². The molecule has 0 saturated heterocycles. The minimum atomic E-state index is -0.714. The van der Waals surface area contributed by atoms with Crippen molar-refractivity contribution in [1.29, 1.82) is 0 Å². The number of ether oxygens (including phenoxy) is 2. The number of nitrogens with one attached hydrogen (secondary N) is 1. The van der Waals surface area contributed by atoms with Crippen molar-refractivity contribution in [2.24, 2.45) is 0 Å². The summed E-state index contributed by atoms with van der Waals surface area (Å²) in [6.07, 6.45) is 1.49. The zero-order valence-corrected chi connectivity index (χ0v) is 13.5. The largest absolute Gasteiger partial charge is 0.481 e. The molecule has 2 aromatic rings. The Morgan fingerprint density at radius 3 is 2.78 bits per heavy atom. The molecule has 1 N–H and O–H groups in total. The fourth-order valence-electron chi connectivity index (χ4n) is 1.57. The fraction of sp³-hybridized carbons (Fsp3) is 0.200. The molecule has 8 heteroatoms. The summed E-state index contributed by atoms with van der Waals surface area (Å²) >= 11 is 3.11. The SMILES string of the molecule is O=C(COC(=O)COc1ccc(F)cc1Br)NCc1ccco1. The van der Waals surface area contributed by atoms with Crippen LogP contribution in [0.2, 0.25) is 0 Å². The number of benzene rings is 1. The van der Waals surface area contributed by atoms with Crippen LogP contribution in [0, 0.1) is 5.82 Å². The van der Waals surface area contributed by atoms with Gasteiger partial charge in [0.2, 0.25) is 0 Å². The molecule has 6 nitrogen and oxygen atoms in total. The summed E-state index contributed by atoms with van der Waals surface area (Å²) in [5.41, 5.74) is 0. The van der Waals surface area contributed by atoms with E-state index in [0.717, 1.165) is 0 Å². The highest BCUT2D eigenvalue weighted by Gasteiger charge is 2.10. The van der Waals surface area contributed by atoms with Crippen LogP contribution in [0.4, 0.5) is 4.39 Å². The van der Waals surface area contributed by atoms with E-state index in [1.807, 2.05) is 0 Å². The van der Waals surface area contributed by atoms with Crippen LogP contribution in [-0.4, -0.2) is 25.1 Å². The molecule has 0 bridgehead atoms. The van der Waals surface area contributed by atoms with Gasteiger partial charge in [-0.05, 0) is 46.3 Å². The number of hydrogen-bond donors (Lipinski definition) is 1. The van der Waals surface area contributed by atoms with Gasteiger partial charge in [-0.1, -0.05) is 0 Å². The summed E-state index contributed by atoms with van der Waals surface area (Å²) < 4.78 is 28.3. The van der Waals surface area contributed by atoms with Gasteiger partial charge in [-0.2, -0.15) is 0 Å². The summed E-state index contributed by atoms with van der Waals surface area (Å²) in [4.78, 5) is 23.0. The lowest BCUT2D eigenvalue weighted by atomic mass is 10.3. The molecule has 2 rings (SSSR count). The molecule has 0 fully saturated rings. The van der Waals surface area contributed by atoms with Gasteiger partial charge in [0.05, 0.1) is 17.3 Å². The lowest BCUT2D eigenvalue weighted by molar-refractivity contribution is -0.150. The number of esters is 1. The molecule has 1 aromatic heterocycles. The fourth-order valence-corrected chi connectivity index (χ4v) is 2.03. The maximum Gasteiger partial charge on any atom is 0.344 e. The Bertz CT molecular complexity index is 675. The second-order valence-electron chi connectivity index (χ2n) is 4.38. The highest BCUT2D eigenvalue weighted by atomic mass is 79.9. The Hall–Kier alpha value is -2.35. The first-order valence-electron chi connectivity index (χ1n) is 6.57. The van der Waals surface area contributed by atoms with Crippen molar-refractivity contribution in [2.75, 3.05) is 13.2 Å². The van der Waals surface area contributed by atoms with E-state index in [9.17, 15) is 14.0 Å².